The molecule has 0 aromatic carbocycles. The normalized spacial score (nSPS) is 19.1. The van der Waals surface area contributed by atoms with E-state index < -0.39 is 11.4 Å². The molecule has 1 aliphatic rings. The van der Waals surface area contributed by atoms with E-state index in [1.54, 1.807) is 24.4 Å². The van der Waals surface area contributed by atoms with E-state index in [9.17, 15) is 4.79 Å². The van der Waals surface area contributed by atoms with Gasteiger partial charge in [-0.3, -0.25) is 9.78 Å². The summed E-state index contributed by atoms with van der Waals surface area (Å²) in [6.45, 7) is 0.443. The third kappa shape index (κ3) is 1.10. The van der Waals surface area contributed by atoms with Crippen LogP contribution in [0, 0.1) is 0 Å². The molecule has 2 heterocycles. The predicted molar refractivity (Wildman–Crippen MR) is 44.4 cm³/mol. The van der Waals surface area contributed by atoms with Crippen LogP contribution in [0.2, 0.25) is 0 Å². The zero-order valence-corrected chi connectivity index (χ0v) is 6.93. The number of aromatic nitrogens is 1. The lowest BCUT2D eigenvalue weighted by Gasteiger charge is -2.36. The number of hydrogen-bond acceptors (Lipinski definition) is 3. The van der Waals surface area contributed by atoms with Crippen LogP contribution in [-0.2, 0) is 14.9 Å². The number of pyridine rings is 1. The van der Waals surface area contributed by atoms with Gasteiger partial charge in [0.25, 0.3) is 0 Å². The van der Waals surface area contributed by atoms with Crippen molar-refractivity contribution < 1.29 is 14.6 Å². The van der Waals surface area contributed by atoms with Gasteiger partial charge in [0, 0.05) is 6.20 Å². The van der Waals surface area contributed by atoms with E-state index >= 15 is 0 Å². The van der Waals surface area contributed by atoms with Crippen molar-refractivity contribution in [3.05, 3.63) is 30.1 Å². The number of carboxylic acid groups (broad SMARTS) is 1. The lowest BCUT2D eigenvalue weighted by molar-refractivity contribution is -0.163. The van der Waals surface area contributed by atoms with Crippen molar-refractivity contribution in [2.45, 2.75) is 5.41 Å². The monoisotopic (exact) mass is 179 g/mol. The molecule has 68 valence electrons. The molecule has 1 aliphatic heterocycles. The fourth-order valence-corrected chi connectivity index (χ4v) is 1.33. The predicted octanol–water partition coefficient (Wildman–Crippen LogP) is 0.434. The standard InChI is InChI=1S/C9H9NO3/c11-8(12)9(5-13-6-9)7-3-1-2-4-10-7/h1-4H,5-6H2,(H,11,12). The van der Waals surface area contributed by atoms with Crippen LogP contribution in [0.25, 0.3) is 0 Å². The zero-order chi connectivity index (χ0) is 9.31. The number of carboxylic acids is 1. The maximum atomic E-state index is 11.0. The Labute approximate surface area is 75.2 Å². The van der Waals surface area contributed by atoms with Crippen molar-refractivity contribution >= 4 is 5.97 Å². The summed E-state index contributed by atoms with van der Waals surface area (Å²) in [5.74, 6) is -0.863. The third-order valence-corrected chi connectivity index (χ3v) is 2.26. The van der Waals surface area contributed by atoms with Gasteiger partial charge in [-0.1, -0.05) is 6.07 Å². The van der Waals surface area contributed by atoms with Gasteiger partial charge in [0.15, 0.2) is 5.41 Å². The Morgan fingerprint density at radius 3 is 2.69 bits per heavy atom. The quantitative estimate of drug-likeness (QED) is 0.715. The van der Waals surface area contributed by atoms with Crippen LogP contribution in [-0.4, -0.2) is 29.3 Å². The summed E-state index contributed by atoms with van der Waals surface area (Å²) in [7, 11) is 0. The highest BCUT2D eigenvalue weighted by Gasteiger charge is 2.49. The number of aliphatic carboxylic acids is 1. The number of carbonyl (C=O) groups is 1. The van der Waals surface area contributed by atoms with E-state index in [-0.39, 0.29) is 13.2 Å². The van der Waals surface area contributed by atoms with Crippen LogP contribution < -0.4 is 0 Å². The van der Waals surface area contributed by atoms with E-state index in [2.05, 4.69) is 4.98 Å². The first-order chi connectivity index (χ1) is 6.26. The molecule has 13 heavy (non-hydrogen) atoms. The Bertz CT molecular complexity index is 319. The average molecular weight is 179 g/mol. The molecule has 0 atom stereocenters. The largest absolute Gasteiger partial charge is 0.480 e. The molecular weight excluding hydrogens is 170 g/mol. The van der Waals surface area contributed by atoms with Crippen LogP contribution in [0.4, 0.5) is 0 Å². The van der Waals surface area contributed by atoms with Gasteiger partial charge in [-0.05, 0) is 12.1 Å². The van der Waals surface area contributed by atoms with Crippen molar-refractivity contribution in [1.82, 2.24) is 4.98 Å². The Kier molecular flexibility index (Phi) is 1.77. The van der Waals surface area contributed by atoms with E-state index in [1.165, 1.54) is 0 Å². The summed E-state index contributed by atoms with van der Waals surface area (Å²) in [4.78, 5) is 15.0. The average Bonchev–Trinajstić information content (AvgIpc) is 2.03. The smallest absolute Gasteiger partial charge is 0.320 e. The molecule has 4 heteroatoms. The first kappa shape index (κ1) is 8.19. The molecule has 4 nitrogen and oxygen atoms in total. The lowest BCUT2D eigenvalue weighted by Crippen LogP contribution is -2.53. The fraction of sp³-hybridized carbons (Fsp3) is 0.333. The van der Waals surface area contributed by atoms with E-state index in [4.69, 9.17) is 9.84 Å². The van der Waals surface area contributed by atoms with Gasteiger partial charge in [0.1, 0.15) is 0 Å². The van der Waals surface area contributed by atoms with Gasteiger partial charge in [-0.2, -0.15) is 0 Å². The van der Waals surface area contributed by atoms with Crippen molar-refractivity contribution in [1.29, 1.82) is 0 Å². The summed E-state index contributed by atoms with van der Waals surface area (Å²) in [5, 5.41) is 9.02. The van der Waals surface area contributed by atoms with Crippen molar-refractivity contribution in [3.8, 4) is 0 Å². The molecule has 1 aromatic heterocycles. The molecule has 1 N–H and O–H groups in total. The molecule has 1 fully saturated rings. The highest BCUT2D eigenvalue weighted by molar-refractivity contribution is 5.82. The molecule has 0 aliphatic carbocycles. The number of rotatable bonds is 2. The molecule has 0 spiro atoms. The first-order valence-corrected chi connectivity index (χ1v) is 3.98. The number of ether oxygens (including phenoxy) is 1. The summed E-state index contributed by atoms with van der Waals surface area (Å²) >= 11 is 0. The highest BCUT2D eigenvalue weighted by atomic mass is 16.5. The first-order valence-electron chi connectivity index (χ1n) is 3.98. The molecular formula is C9H9NO3. The summed E-state index contributed by atoms with van der Waals surface area (Å²) in [5.41, 5.74) is -0.324. The SMILES string of the molecule is O=C(O)C1(c2ccccn2)COC1. The Balaban J connectivity index is 2.38. The molecule has 1 saturated heterocycles. The van der Waals surface area contributed by atoms with Gasteiger partial charge in [-0.15, -0.1) is 0 Å². The zero-order valence-electron chi connectivity index (χ0n) is 6.93. The van der Waals surface area contributed by atoms with Gasteiger partial charge in [-0.25, -0.2) is 0 Å². The fourth-order valence-electron chi connectivity index (χ4n) is 1.33. The third-order valence-electron chi connectivity index (χ3n) is 2.26. The second-order valence-corrected chi connectivity index (χ2v) is 3.10. The second-order valence-electron chi connectivity index (χ2n) is 3.10. The number of nitrogens with zero attached hydrogens (tertiary/aromatic N) is 1. The Hall–Kier alpha value is -1.42. The Morgan fingerprint density at radius 2 is 2.31 bits per heavy atom. The van der Waals surface area contributed by atoms with Crippen LogP contribution in [0.5, 0.6) is 0 Å². The van der Waals surface area contributed by atoms with Crippen LogP contribution in [0.1, 0.15) is 5.69 Å². The molecule has 0 saturated carbocycles. The second kappa shape index (κ2) is 2.81. The van der Waals surface area contributed by atoms with Crippen molar-refractivity contribution in [2.75, 3.05) is 13.2 Å². The van der Waals surface area contributed by atoms with Gasteiger partial charge in [0.05, 0.1) is 18.9 Å². The molecule has 0 bridgehead atoms. The van der Waals surface area contributed by atoms with E-state index in [0.717, 1.165) is 0 Å². The minimum Gasteiger partial charge on any atom is -0.480 e. The van der Waals surface area contributed by atoms with Gasteiger partial charge >= 0.3 is 5.97 Å². The summed E-state index contributed by atoms with van der Waals surface area (Å²) in [6, 6.07) is 5.26. The van der Waals surface area contributed by atoms with Crippen LogP contribution >= 0.6 is 0 Å². The molecule has 0 unspecified atom stereocenters. The highest BCUT2D eigenvalue weighted by Crippen LogP contribution is 2.30. The van der Waals surface area contributed by atoms with Gasteiger partial charge < -0.3 is 9.84 Å². The number of hydrogen-bond donors (Lipinski definition) is 1. The lowest BCUT2D eigenvalue weighted by atomic mass is 9.82. The molecule has 0 radical (unpaired) electrons. The topological polar surface area (TPSA) is 59.4 Å². The Morgan fingerprint density at radius 1 is 1.54 bits per heavy atom. The van der Waals surface area contributed by atoms with E-state index in [0.29, 0.717) is 5.69 Å². The minimum atomic E-state index is -0.902. The molecule has 2 rings (SSSR count). The summed E-state index contributed by atoms with van der Waals surface area (Å²) in [6.07, 6.45) is 1.60. The van der Waals surface area contributed by atoms with E-state index in [1.807, 2.05) is 0 Å². The van der Waals surface area contributed by atoms with Crippen molar-refractivity contribution in [3.63, 3.8) is 0 Å². The van der Waals surface area contributed by atoms with Crippen molar-refractivity contribution in [2.24, 2.45) is 0 Å². The maximum absolute atomic E-state index is 11.0. The van der Waals surface area contributed by atoms with Gasteiger partial charge in [0.2, 0.25) is 0 Å². The maximum Gasteiger partial charge on any atom is 0.320 e. The summed E-state index contributed by atoms with van der Waals surface area (Å²) < 4.78 is 4.93. The molecule has 1 aromatic rings. The minimum absolute atomic E-state index is 0.222. The van der Waals surface area contributed by atoms with Crippen LogP contribution in [0.15, 0.2) is 24.4 Å². The molecule has 0 amide bonds. The van der Waals surface area contributed by atoms with Crippen LogP contribution in [0.3, 0.4) is 0 Å².